The molecule has 0 spiro atoms. The van der Waals surface area contributed by atoms with Crippen LogP contribution in [0.2, 0.25) is 10.0 Å². The van der Waals surface area contributed by atoms with E-state index in [1.807, 2.05) is 0 Å². The molecule has 0 bridgehead atoms. The van der Waals surface area contributed by atoms with Crippen molar-refractivity contribution in [3.8, 4) is 0 Å². The molecule has 2 aromatic carbocycles. The largest absolute Gasteiger partial charge is 0.456 e. The number of Topliss-reactive ketones (excluding diaryl/α,β-unsaturated/α-hetero) is 1. The van der Waals surface area contributed by atoms with Gasteiger partial charge < -0.3 is 15.4 Å². The topological polar surface area (TPSA) is 102 Å². The lowest BCUT2D eigenvalue weighted by atomic mass is 10.1. The molecule has 0 aliphatic heterocycles. The van der Waals surface area contributed by atoms with Crippen molar-refractivity contribution in [2.45, 2.75) is 13.3 Å². The fourth-order valence-corrected chi connectivity index (χ4v) is 2.68. The average molecular weight is 437 g/mol. The maximum absolute atomic E-state index is 12.1. The van der Waals surface area contributed by atoms with Crippen molar-refractivity contribution in [3.05, 3.63) is 63.6 Å². The summed E-state index contributed by atoms with van der Waals surface area (Å²) in [7, 11) is 0. The highest BCUT2D eigenvalue weighted by Crippen LogP contribution is 2.20. The minimum Gasteiger partial charge on any atom is -0.456 e. The minimum absolute atomic E-state index is 0.139. The third kappa shape index (κ3) is 6.89. The lowest BCUT2D eigenvalue weighted by molar-refractivity contribution is -0.141. The van der Waals surface area contributed by atoms with Crippen molar-refractivity contribution in [1.29, 1.82) is 0 Å². The van der Waals surface area contributed by atoms with Crippen LogP contribution in [0.1, 0.15) is 34.1 Å². The first-order chi connectivity index (χ1) is 13.8. The summed E-state index contributed by atoms with van der Waals surface area (Å²) in [5, 5.41) is 5.55. The Morgan fingerprint density at radius 2 is 1.69 bits per heavy atom. The Kier molecular flexibility index (Phi) is 8.18. The van der Waals surface area contributed by atoms with Crippen molar-refractivity contribution in [1.82, 2.24) is 5.32 Å². The average Bonchev–Trinajstić information content (AvgIpc) is 2.70. The van der Waals surface area contributed by atoms with E-state index in [1.54, 1.807) is 19.1 Å². The molecule has 9 heteroatoms. The van der Waals surface area contributed by atoms with E-state index in [9.17, 15) is 19.2 Å². The maximum Gasteiger partial charge on any atom is 0.325 e. The molecule has 0 aliphatic carbocycles. The van der Waals surface area contributed by atoms with E-state index in [-0.39, 0.29) is 16.5 Å². The van der Waals surface area contributed by atoms with Gasteiger partial charge in [-0.1, -0.05) is 30.1 Å². The van der Waals surface area contributed by atoms with E-state index in [2.05, 4.69) is 10.6 Å². The van der Waals surface area contributed by atoms with Crippen LogP contribution in [0.15, 0.2) is 42.5 Å². The number of anilines is 1. The van der Waals surface area contributed by atoms with E-state index in [1.165, 1.54) is 30.3 Å². The van der Waals surface area contributed by atoms with Crippen LogP contribution in [0.3, 0.4) is 0 Å². The predicted octanol–water partition coefficient (Wildman–Crippen LogP) is 3.50. The molecule has 0 aromatic heterocycles. The highest BCUT2D eigenvalue weighted by molar-refractivity contribution is 6.36. The minimum atomic E-state index is -0.774. The Hall–Kier alpha value is -2.90. The Morgan fingerprint density at radius 3 is 2.31 bits per heavy atom. The van der Waals surface area contributed by atoms with E-state index in [0.29, 0.717) is 22.7 Å². The fraction of sp³-hybridized carbons (Fsp3) is 0.200. The van der Waals surface area contributed by atoms with Crippen molar-refractivity contribution < 1.29 is 23.9 Å². The van der Waals surface area contributed by atoms with E-state index in [0.717, 1.165) is 0 Å². The summed E-state index contributed by atoms with van der Waals surface area (Å²) in [6.07, 6.45) is 0.345. The molecule has 2 rings (SSSR count). The van der Waals surface area contributed by atoms with Gasteiger partial charge in [-0.2, -0.15) is 0 Å². The van der Waals surface area contributed by atoms with Crippen LogP contribution in [-0.2, 0) is 14.3 Å². The van der Waals surface area contributed by atoms with Crippen LogP contribution in [0.5, 0.6) is 0 Å². The number of esters is 1. The van der Waals surface area contributed by atoms with Gasteiger partial charge in [0.05, 0.1) is 10.6 Å². The van der Waals surface area contributed by atoms with Gasteiger partial charge in [0, 0.05) is 22.7 Å². The maximum atomic E-state index is 12.1. The molecule has 2 N–H and O–H groups in total. The number of rotatable bonds is 8. The first-order valence-corrected chi connectivity index (χ1v) is 9.37. The second-order valence-corrected chi connectivity index (χ2v) is 6.71. The SMILES string of the molecule is CCC(=O)Nc1ccc(C(=O)COC(=O)CNC(=O)c2ccc(Cl)cc2Cl)cc1. The summed E-state index contributed by atoms with van der Waals surface area (Å²) in [6, 6.07) is 10.5. The summed E-state index contributed by atoms with van der Waals surface area (Å²) in [5.41, 5.74) is 1.05. The van der Waals surface area contributed by atoms with Gasteiger partial charge in [0.1, 0.15) is 6.54 Å². The van der Waals surface area contributed by atoms with Gasteiger partial charge in [-0.15, -0.1) is 0 Å². The third-order valence-electron chi connectivity index (χ3n) is 3.75. The van der Waals surface area contributed by atoms with Gasteiger partial charge in [-0.05, 0) is 42.5 Å². The van der Waals surface area contributed by atoms with Gasteiger partial charge in [0.25, 0.3) is 5.91 Å². The lowest BCUT2D eigenvalue weighted by Gasteiger charge is -2.08. The van der Waals surface area contributed by atoms with Crippen LogP contribution in [-0.4, -0.2) is 36.7 Å². The van der Waals surface area contributed by atoms with Gasteiger partial charge >= 0.3 is 5.97 Å². The van der Waals surface area contributed by atoms with E-state index >= 15 is 0 Å². The van der Waals surface area contributed by atoms with E-state index < -0.39 is 30.8 Å². The summed E-state index contributed by atoms with van der Waals surface area (Å²) >= 11 is 11.7. The standard InChI is InChI=1S/C20H18Cl2N2O5/c1-2-18(26)24-14-6-3-12(4-7-14)17(25)11-29-19(27)10-23-20(28)15-8-5-13(21)9-16(15)22/h3-9H,2,10-11H2,1H3,(H,23,28)(H,24,26). The van der Waals surface area contributed by atoms with Gasteiger partial charge in [-0.3, -0.25) is 19.2 Å². The van der Waals surface area contributed by atoms with E-state index in [4.69, 9.17) is 27.9 Å². The number of carbonyl (C=O) groups is 4. The molecule has 2 aromatic rings. The van der Waals surface area contributed by atoms with Crippen LogP contribution in [0, 0.1) is 0 Å². The second-order valence-electron chi connectivity index (χ2n) is 5.87. The quantitative estimate of drug-likeness (QED) is 0.486. The number of hydrogen-bond acceptors (Lipinski definition) is 5. The highest BCUT2D eigenvalue weighted by atomic mass is 35.5. The number of halogens is 2. The van der Waals surface area contributed by atoms with Crippen molar-refractivity contribution in [2.24, 2.45) is 0 Å². The molecule has 0 saturated heterocycles. The smallest absolute Gasteiger partial charge is 0.325 e. The fourth-order valence-electron chi connectivity index (χ4n) is 2.19. The monoisotopic (exact) mass is 436 g/mol. The number of ketones is 1. The first kappa shape index (κ1) is 22.4. The molecule has 7 nitrogen and oxygen atoms in total. The molecule has 0 atom stereocenters. The summed E-state index contributed by atoms with van der Waals surface area (Å²) in [5.74, 6) is -1.90. The zero-order valence-electron chi connectivity index (χ0n) is 15.5. The predicted molar refractivity (Wildman–Crippen MR) is 109 cm³/mol. The summed E-state index contributed by atoms with van der Waals surface area (Å²) < 4.78 is 4.88. The normalized spacial score (nSPS) is 10.2. The van der Waals surface area contributed by atoms with Crippen LogP contribution in [0.4, 0.5) is 5.69 Å². The van der Waals surface area contributed by atoms with Crippen LogP contribution in [0.25, 0.3) is 0 Å². The number of hydrogen-bond donors (Lipinski definition) is 2. The van der Waals surface area contributed by atoms with Gasteiger partial charge in [-0.25, -0.2) is 0 Å². The van der Waals surface area contributed by atoms with Crippen LogP contribution < -0.4 is 10.6 Å². The molecule has 2 amide bonds. The van der Waals surface area contributed by atoms with Gasteiger partial charge in [0.2, 0.25) is 5.91 Å². The number of benzene rings is 2. The summed E-state index contributed by atoms with van der Waals surface area (Å²) in [6.45, 7) is 0.832. The van der Waals surface area contributed by atoms with Crippen molar-refractivity contribution in [3.63, 3.8) is 0 Å². The Balaban J connectivity index is 1.80. The molecular formula is C20H18Cl2N2O5. The molecule has 0 aliphatic rings. The summed E-state index contributed by atoms with van der Waals surface area (Å²) in [4.78, 5) is 47.2. The Labute approximate surface area is 177 Å². The van der Waals surface area contributed by atoms with Gasteiger partial charge in [0.15, 0.2) is 12.4 Å². The molecular weight excluding hydrogens is 419 g/mol. The second kappa shape index (κ2) is 10.6. The zero-order chi connectivity index (χ0) is 21.4. The van der Waals surface area contributed by atoms with Crippen molar-refractivity contribution in [2.75, 3.05) is 18.5 Å². The molecule has 0 heterocycles. The molecule has 152 valence electrons. The molecule has 0 unspecified atom stereocenters. The number of ether oxygens (including phenoxy) is 1. The van der Waals surface area contributed by atoms with Crippen LogP contribution >= 0.6 is 23.2 Å². The Bertz CT molecular complexity index is 929. The van der Waals surface area contributed by atoms with Crippen molar-refractivity contribution >= 4 is 52.5 Å². The highest BCUT2D eigenvalue weighted by Gasteiger charge is 2.14. The number of nitrogens with one attached hydrogen (secondary N) is 2. The Morgan fingerprint density at radius 1 is 1.00 bits per heavy atom. The first-order valence-electron chi connectivity index (χ1n) is 8.62. The lowest BCUT2D eigenvalue weighted by Crippen LogP contribution is -2.31. The zero-order valence-corrected chi connectivity index (χ0v) is 17.0. The molecule has 0 radical (unpaired) electrons. The number of amides is 2. The molecule has 0 fully saturated rings. The number of carbonyl (C=O) groups excluding carboxylic acids is 4. The third-order valence-corrected chi connectivity index (χ3v) is 4.29. The molecule has 29 heavy (non-hydrogen) atoms. The molecule has 0 saturated carbocycles.